The van der Waals surface area contributed by atoms with Crippen LogP contribution in [0.2, 0.25) is 0 Å². The van der Waals surface area contributed by atoms with Gasteiger partial charge in [-0.25, -0.2) is 4.98 Å². The molecular weight excluding hydrogens is 210 g/mol. The molecule has 3 heteroatoms. The normalized spacial score (nSPS) is 9.94. The third-order valence-corrected chi connectivity index (χ3v) is 2.77. The third-order valence-electron chi connectivity index (χ3n) is 2.77. The van der Waals surface area contributed by atoms with Crippen LogP contribution in [0.3, 0.4) is 0 Å². The van der Waals surface area contributed by atoms with E-state index in [0.29, 0.717) is 5.56 Å². The molecule has 0 fully saturated rings. The number of nitrogens with zero attached hydrogens (tertiary/aromatic N) is 3. The van der Waals surface area contributed by atoms with Crippen LogP contribution in [-0.2, 0) is 0 Å². The first-order valence-electron chi connectivity index (χ1n) is 6.43. The summed E-state index contributed by atoms with van der Waals surface area (Å²) in [6.45, 7) is 6.34. The topological polar surface area (TPSA) is 39.9 Å². The van der Waals surface area contributed by atoms with Gasteiger partial charge < -0.3 is 4.90 Å². The largest absolute Gasteiger partial charge is 0.356 e. The lowest BCUT2D eigenvalue weighted by Crippen LogP contribution is -2.27. The lowest BCUT2D eigenvalue weighted by molar-refractivity contribution is 0.670. The molecular formula is C14H21N3. The number of anilines is 1. The number of unbranched alkanes of at least 4 members (excludes halogenated alkanes) is 2. The Bertz CT molecular complexity index is 360. The van der Waals surface area contributed by atoms with E-state index in [1.54, 1.807) is 6.20 Å². The van der Waals surface area contributed by atoms with Gasteiger partial charge in [0, 0.05) is 19.3 Å². The smallest absolute Gasteiger partial charge is 0.146 e. The molecule has 0 bridgehead atoms. The van der Waals surface area contributed by atoms with Crippen LogP contribution in [0.1, 0.15) is 45.1 Å². The minimum atomic E-state index is 0.680. The molecule has 1 aromatic rings. The van der Waals surface area contributed by atoms with Gasteiger partial charge in [0.2, 0.25) is 0 Å². The van der Waals surface area contributed by atoms with Crippen molar-refractivity contribution in [2.45, 2.75) is 39.5 Å². The first kappa shape index (κ1) is 13.5. The highest BCUT2D eigenvalue weighted by molar-refractivity contribution is 5.53. The maximum absolute atomic E-state index is 9.10. The summed E-state index contributed by atoms with van der Waals surface area (Å²) in [5.74, 6) is 0.844. The molecule has 0 saturated carbocycles. The van der Waals surface area contributed by atoms with Crippen molar-refractivity contribution in [3.05, 3.63) is 23.9 Å². The van der Waals surface area contributed by atoms with Crippen LogP contribution >= 0.6 is 0 Å². The molecule has 0 aliphatic rings. The summed E-state index contributed by atoms with van der Waals surface area (Å²) >= 11 is 0. The Balaban J connectivity index is 2.83. The van der Waals surface area contributed by atoms with E-state index in [9.17, 15) is 0 Å². The summed E-state index contributed by atoms with van der Waals surface area (Å²) < 4.78 is 0. The predicted octanol–water partition coefficient (Wildman–Crippen LogP) is 3.36. The SMILES string of the molecule is CCCCN(CCCC)c1ncccc1C#N. The van der Waals surface area contributed by atoms with E-state index in [4.69, 9.17) is 5.26 Å². The molecule has 17 heavy (non-hydrogen) atoms. The minimum absolute atomic E-state index is 0.680. The number of pyridine rings is 1. The molecule has 0 N–H and O–H groups in total. The van der Waals surface area contributed by atoms with Crippen LogP contribution in [0.5, 0.6) is 0 Å². The molecule has 3 nitrogen and oxygen atoms in total. The standard InChI is InChI=1S/C14H21N3/c1-3-5-10-17(11-6-4-2)14-13(12-15)8-7-9-16-14/h7-9H,3-6,10-11H2,1-2H3. The number of aromatic nitrogens is 1. The van der Waals surface area contributed by atoms with Gasteiger partial charge in [-0.05, 0) is 25.0 Å². The van der Waals surface area contributed by atoms with Crippen LogP contribution in [0.4, 0.5) is 5.82 Å². The Morgan fingerprint density at radius 2 is 1.88 bits per heavy atom. The first-order valence-corrected chi connectivity index (χ1v) is 6.43. The van der Waals surface area contributed by atoms with Gasteiger partial charge in [-0.2, -0.15) is 5.26 Å². The molecule has 0 spiro atoms. The molecule has 0 aliphatic heterocycles. The molecule has 92 valence electrons. The Labute approximate surface area is 104 Å². The molecule has 0 radical (unpaired) electrons. The van der Waals surface area contributed by atoms with E-state index in [1.165, 1.54) is 0 Å². The highest BCUT2D eigenvalue weighted by atomic mass is 15.2. The second-order valence-electron chi connectivity index (χ2n) is 4.18. The Morgan fingerprint density at radius 1 is 1.24 bits per heavy atom. The van der Waals surface area contributed by atoms with Gasteiger partial charge in [-0.15, -0.1) is 0 Å². The van der Waals surface area contributed by atoms with Crippen molar-refractivity contribution >= 4 is 5.82 Å². The Morgan fingerprint density at radius 3 is 2.41 bits per heavy atom. The van der Waals surface area contributed by atoms with Gasteiger partial charge in [0.15, 0.2) is 0 Å². The van der Waals surface area contributed by atoms with Crippen molar-refractivity contribution < 1.29 is 0 Å². The van der Waals surface area contributed by atoms with Gasteiger partial charge in [-0.1, -0.05) is 26.7 Å². The van der Waals surface area contributed by atoms with Crippen LogP contribution < -0.4 is 4.90 Å². The molecule has 0 unspecified atom stereocenters. The van der Waals surface area contributed by atoms with E-state index in [0.717, 1.165) is 44.6 Å². The lowest BCUT2D eigenvalue weighted by atomic mass is 10.2. The van der Waals surface area contributed by atoms with Crippen LogP contribution in [0.15, 0.2) is 18.3 Å². The van der Waals surface area contributed by atoms with Gasteiger partial charge in [0.25, 0.3) is 0 Å². The van der Waals surface area contributed by atoms with E-state index < -0.39 is 0 Å². The van der Waals surface area contributed by atoms with Crippen LogP contribution in [0, 0.1) is 11.3 Å². The molecule has 0 saturated heterocycles. The van der Waals surface area contributed by atoms with E-state index in [-0.39, 0.29) is 0 Å². The lowest BCUT2D eigenvalue weighted by Gasteiger charge is -2.24. The van der Waals surface area contributed by atoms with Crippen LogP contribution in [-0.4, -0.2) is 18.1 Å². The fourth-order valence-electron chi connectivity index (χ4n) is 1.76. The second kappa shape index (κ2) is 7.67. The van der Waals surface area contributed by atoms with Gasteiger partial charge in [-0.3, -0.25) is 0 Å². The monoisotopic (exact) mass is 231 g/mol. The molecule has 0 aliphatic carbocycles. The van der Waals surface area contributed by atoms with Crippen molar-refractivity contribution in [2.24, 2.45) is 0 Å². The second-order valence-corrected chi connectivity index (χ2v) is 4.18. The summed E-state index contributed by atoms with van der Waals surface area (Å²) in [5, 5.41) is 9.10. The molecule has 0 amide bonds. The molecule has 1 heterocycles. The zero-order chi connectivity index (χ0) is 12.5. The summed E-state index contributed by atoms with van der Waals surface area (Å²) in [4.78, 5) is 6.60. The Hall–Kier alpha value is -1.56. The fourth-order valence-corrected chi connectivity index (χ4v) is 1.76. The Kier molecular flexibility index (Phi) is 6.09. The zero-order valence-electron chi connectivity index (χ0n) is 10.8. The van der Waals surface area contributed by atoms with Gasteiger partial charge in [0.1, 0.15) is 11.9 Å². The van der Waals surface area contributed by atoms with E-state index in [2.05, 4.69) is 29.8 Å². The van der Waals surface area contributed by atoms with Gasteiger partial charge >= 0.3 is 0 Å². The van der Waals surface area contributed by atoms with Crippen molar-refractivity contribution in [3.8, 4) is 6.07 Å². The molecule has 0 atom stereocenters. The third kappa shape index (κ3) is 4.07. The first-order chi connectivity index (χ1) is 8.33. The zero-order valence-corrected chi connectivity index (χ0v) is 10.8. The average Bonchev–Trinajstić information content (AvgIpc) is 2.39. The van der Waals surface area contributed by atoms with Crippen LogP contribution in [0.25, 0.3) is 0 Å². The number of hydrogen-bond donors (Lipinski definition) is 0. The maximum atomic E-state index is 9.10. The molecule has 1 aromatic heterocycles. The summed E-state index contributed by atoms with van der Waals surface area (Å²) in [6.07, 6.45) is 6.38. The molecule has 0 aromatic carbocycles. The van der Waals surface area contributed by atoms with E-state index in [1.807, 2.05) is 12.1 Å². The van der Waals surface area contributed by atoms with Crippen molar-refractivity contribution in [3.63, 3.8) is 0 Å². The van der Waals surface area contributed by atoms with Crippen molar-refractivity contribution in [1.29, 1.82) is 5.26 Å². The summed E-state index contributed by atoms with van der Waals surface area (Å²) in [6, 6.07) is 5.88. The summed E-state index contributed by atoms with van der Waals surface area (Å²) in [5.41, 5.74) is 0.680. The van der Waals surface area contributed by atoms with Gasteiger partial charge in [0.05, 0.1) is 5.56 Å². The maximum Gasteiger partial charge on any atom is 0.146 e. The summed E-state index contributed by atoms with van der Waals surface area (Å²) in [7, 11) is 0. The minimum Gasteiger partial charge on any atom is -0.356 e. The fraction of sp³-hybridized carbons (Fsp3) is 0.571. The average molecular weight is 231 g/mol. The van der Waals surface area contributed by atoms with Crippen molar-refractivity contribution in [1.82, 2.24) is 4.98 Å². The highest BCUT2D eigenvalue weighted by Crippen LogP contribution is 2.17. The van der Waals surface area contributed by atoms with Crippen molar-refractivity contribution in [2.75, 3.05) is 18.0 Å². The number of rotatable bonds is 7. The highest BCUT2D eigenvalue weighted by Gasteiger charge is 2.11. The number of hydrogen-bond acceptors (Lipinski definition) is 3. The number of nitriles is 1. The quantitative estimate of drug-likeness (QED) is 0.722. The van der Waals surface area contributed by atoms with E-state index >= 15 is 0 Å². The predicted molar refractivity (Wildman–Crippen MR) is 71.0 cm³/mol. The molecule has 1 rings (SSSR count).